The van der Waals surface area contributed by atoms with Crippen LogP contribution in [0.1, 0.15) is 47.2 Å². The minimum atomic E-state index is -4.58. The lowest BCUT2D eigenvalue weighted by Gasteiger charge is -2.30. The van der Waals surface area contributed by atoms with Crippen molar-refractivity contribution < 1.29 is 22.7 Å². The van der Waals surface area contributed by atoms with E-state index in [1.807, 2.05) is 0 Å². The molecule has 0 aliphatic heterocycles. The van der Waals surface area contributed by atoms with E-state index in [1.165, 1.54) is 19.2 Å². The topological polar surface area (TPSA) is 74.2 Å². The van der Waals surface area contributed by atoms with E-state index in [0.29, 0.717) is 29.8 Å². The zero-order valence-corrected chi connectivity index (χ0v) is 16.4. The summed E-state index contributed by atoms with van der Waals surface area (Å²) in [6.07, 6.45) is -1.72. The number of hydrogen-bond donors (Lipinski definition) is 2. The lowest BCUT2D eigenvalue weighted by atomic mass is 9.90. The van der Waals surface area contributed by atoms with Gasteiger partial charge in [-0.05, 0) is 62.1 Å². The molecule has 0 spiro atoms. The smallest absolute Gasteiger partial charge is 0.417 e. The molecule has 0 heterocycles. The number of nitriles is 1. The Kier molecular flexibility index (Phi) is 6.50. The Morgan fingerprint density at radius 1 is 1.10 bits per heavy atom. The lowest BCUT2D eigenvalue weighted by Crippen LogP contribution is -2.40. The Hall–Kier alpha value is -3.21. The van der Waals surface area contributed by atoms with Crippen LogP contribution in [0.5, 0.6) is 5.75 Å². The van der Waals surface area contributed by atoms with Gasteiger partial charge in [0.1, 0.15) is 5.75 Å². The first-order chi connectivity index (χ1) is 14.3. The standard InChI is InChI=1S/C22H22F3N3O2/c1-30-19-4-2-3-14(11-19)21(29)28-17-9-7-16(8-10-17)27-18-6-5-15(13-26)20(12-18)22(23,24)25/h2-6,11-12,16-17,27H,7-10H2,1H3,(H,28,29). The number of carbonyl (C=O) groups is 1. The first kappa shape index (κ1) is 21.5. The van der Waals surface area contributed by atoms with Gasteiger partial charge in [-0.2, -0.15) is 18.4 Å². The van der Waals surface area contributed by atoms with Crippen molar-refractivity contribution in [1.82, 2.24) is 5.32 Å². The molecule has 2 aromatic carbocycles. The summed E-state index contributed by atoms with van der Waals surface area (Å²) < 4.78 is 44.5. The van der Waals surface area contributed by atoms with Crippen LogP contribution >= 0.6 is 0 Å². The molecule has 0 unspecified atom stereocenters. The molecule has 2 aromatic rings. The molecule has 0 aromatic heterocycles. The molecule has 3 rings (SSSR count). The van der Waals surface area contributed by atoms with Crippen molar-refractivity contribution in [3.8, 4) is 11.8 Å². The van der Waals surface area contributed by atoms with Gasteiger partial charge in [0, 0.05) is 23.3 Å². The van der Waals surface area contributed by atoms with E-state index in [0.717, 1.165) is 18.9 Å². The molecular weight excluding hydrogens is 395 g/mol. The summed E-state index contributed by atoms with van der Waals surface area (Å²) in [7, 11) is 1.54. The summed E-state index contributed by atoms with van der Waals surface area (Å²) in [5.41, 5.74) is -0.469. The Balaban J connectivity index is 1.56. The number of amides is 1. The van der Waals surface area contributed by atoms with Gasteiger partial charge in [-0.15, -0.1) is 0 Å². The van der Waals surface area contributed by atoms with E-state index in [-0.39, 0.29) is 18.0 Å². The molecule has 1 fully saturated rings. The van der Waals surface area contributed by atoms with E-state index in [1.54, 1.807) is 30.3 Å². The molecule has 1 amide bonds. The Morgan fingerprint density at radius 3 is 2.43 bits per heavy atom. The van der Waals surface area contributed by atoms with E-state index in [4.69, 9.17) is 10.00 Å². The predicted molar refractivity (Wildman–Crippen MR) is 106 cm³/mol. The van der Waals surface area contributed by atoms with Gasteiger partial charge in [0.25, 0.3) is 5.91 Å². The van der Waals surface area contributed by atoms with Crippen LogP contribution in [-0.2, 0) is 6.18 Å². The van der Waals surface area contributed by atoms with Gasteiger partial charge in [-0.1, -0.05) is 6.07 Å². The van der Waals surface area contributed by atoms with Crippen LogP contribution in [0.15, 0.2) is 42.5 Å². The van der Waals surface area contributed by atoms with Crippen molar-refractivity contribution in [2.45, 2.75) is 43.9 Å². The first-order valence-electron chi connectivity index (χ1n) is 9.63. The third-order valence-corrected chi connectivity index (χ3v) is 5.21. The Morgan fingerprint density at radius 2 is 1.80 bits per heavy atom. The lowest BCUT2D eigenvalue weighted by molar-refractivity contribution is -0.137. The summed E-state index contributed by atoms with van der Waals surface area (Å²) in [5.74, 6) is 0.434. The number of nitrogens with one attached hydrogen (secondary N) is 2. The largest absolute Gasteiger partial charge is 0.497 e. The van der Waals surface area contributed by atoms with Gasteiger partial charge in [0.15, 0.2) is 0 Å². The number of rotatable bonds is 5. The number of nitrogens with zero attached hydrogens (tertiary/aromatic N) is 1. The second-order valence-electron chi connectivity index (χ2n) is 7.27. The molecule has 1 aliphatic carbocycles. The van der Waals surface area contributed by atoms with Crippen LogP contribution in [0.4, 0.5) is 18.9 Å². The number of ether oxygens (including phenoxy) is 1. The molecule has 30 heavy (non-hydrogen) atoms. The van der Waals surface area contributed by atoms with Crippen LogP contribution in [-0.4, -0.2) is 25.1 Å². The van der Waals surface area contributed by atoms with Gasteiger partial charge >= 0.3 is 6.18 Å². The highest BCUT2D eigenvalue weighted by Gasteiger charge is 2.34. The maximum absolute atomic E-state index is 13.1. The maximum Gasteiger partial charge on any atom is 0.417 e. The molecule has 1 saturated carbocycles. The first-order valence-corrected chi connectivity index (χ1v) is 9.63. The summed E-state index contributed by atoms with van der Waals surface area (Å²) in [6.45, 7) is 0. The Bertz CT molecular complexity index is 945. The van der Waals surface area contributed by atoms with Gasteiger partial charge in [0.2, 0.25) is 0 Å². The van der Waals surface area contributed by atoms with Gasteiger partial charge in [0.05, 0.1) is 24.3 Å². The van der Waals surface area contributed by atoms with E-state index >= 15 is 0 Å². The number of anilines is 1. The summed E-state index contributed by atoms with van der Waals surface area (Å²) in [6, 6.07) is 12.2. The Labute approximate surface area is 172 Å². The molecule has 0 saturated heterocycles. The van der Waals surface area contributed by atoms with Crippen molar-refractivity contribution in [1.29, 1.82) is 5.26 Å². The second kappa shape index (κ2) is 9.08. The summed E-state index contributed by atoms with van der Waals surface area (Å²) in [4.78, 5) is 12.4. The number of carbonyl (C=O) groups excluding carboxylic acids is 1. The van der Waals surface area contributed by atoms with Crippen molar-refractivity contribution >= 4 is 11.6 Å². The highest BCUT2D eigenvalue weighted by molar-refractivity contribution is 5.94. The minimum absolute atomic E-state index is 0.00370. The fourth-order valence-electron chi connectivity index (χ4n) is 3.62. The molecule has 0 bridgehead atoms. The molecule has 158 valence electrons. The van der Waals surface area contributed by atoms with Gasteiger partial charge in [-0.25, -0.2) is 0 Å². The van der Waals surface area contributed by atoms with Crippen molar-refractivity contribution in [3.05, 3.63) is 59.2 Å². The number of methoxy groups -OCH3 is 1. The van der Waals surface area contributed by atoms with Crippen LogP contribution < -0.4 is 15.4 Å². The normalized spacial score (nSPS) is 18.9. The van der Waals surface area contributed by atoms with Gasteiger partial charge in [-0.3, -0.25) is 4.79 Å². The average molecular weight is 417 g/mol. The van der Waals surface area contributed by atoms with Crippen molar-refractivity contribution in [2.24, 2.45) is 0 Å². The van der Waals surface area contributed by atoms with Crippen LogP contribution in [0.3, 0.4) is 0 Å². The third kappa shape index (κ3) is 5.23. The molecule has 2 N–H and O–H groups in total. The molecular formula is C22H22F3N3O2. The fraction of sp³-hybridized carbons (Fsp3) is 0.364. The highest BCUT2D eigenvalue weighted by atomic mass is 19.4. The summed E-state index contributed by atoms with van der Waals surface area (Å²) in [5, 5.41) is 15.0. The van der Waals surface area contributed by atoms with E-state index < -0.39 is 17.3 Å². The number of hydrogen-bond acceptors (Lipinski definition) is 4. The van der Waals surface area contributed by atoms with Crippen LogP contribution in [0, 0.1) is 11.3 Å². The maximum atomic E-state index is 13.1. The molecule has 1 aliphatic rings. The number of halogens is 3. The minimum Gasteiger partial charge on any atom is -0.497 e. The number of alkyl halides is 3. The molecule has 8 heteroatoms. The fourth-order valence-corrected chi connectivity index (χ4v) is 3.62. The average Bonchev–Trinajstić information content (AvgIpc) is 2.74. The van der Waals surface area contributed by atoms with Crippen LogP contribution in [0.25, 0.3) is 0 Å². The van der Waals surface area contributed by atoms with Crippen molar-refractivity contribution in [3.63, 3.8) is 0 Å². The van der Waals surface area contributed by atoms with Crippen LogP contribution in [0.2, 0.25) is 0 Å². The zero-order valence-electron chi connectivity index (χ0n) is 16.4. The van der Waals surface area contributed by atoms with Crippen molar-refractivity contribution in [2.75, 3.05) is 12.4 Å². The SMILES string of the molecule is COc1cccc(C(=O)NC2CCC(Nc3ccc(C#N)c(C(F)(F)F)c3)CC2)c1. The predicted octanol–water partition coefficient (Wildman–Crippen LogP) is 4.74. The second-order valence-corrected chi connectivity index (χ2v) is 7.27. The highest BCUT2D eigenvalue weighted by Crippen LogP contribution is 2.34. The quantitative estimate of drug-likeness (QED) is 0.737. The summed E-state index contributed by atoms with van der Waals surface area (Å²) >= 11 is 0. The number of benzene rings is 2. The van der Waals surface area contributed by atoms with E-state index in [9.17, 15) is 18.0 Å². The third-order valence-electron chi connectivity index (χ3n) is 5.21. The molecule has 0 atom stereocenters. The monoisotopic (exact) mass is 417 g/mol. The zero-order chi connectivity index (χ0) is 21.7. The molecule has 5 nitrogen and oxygen atoms in total. The molecule has 0 radical (unpaired) electrons. The van der Waals surface area contributed by atoms with E-state index in [2.05, 4.69) is 10.6 Å². The van der Waals surface area contributed by atoms with Gasteiger partial charge < -0.3 is 15.4 Å².